The lowest BCUT2D eigenvalue weighted by Crippen LogP contribution is -2.22. The maximum Gasteiger partial charge on any atom is 0.0938 e. The first-order valence-corrected chi connectivity index (χ1v) is 5.84. The van der Waals surface area contributed by atoms with Crippen LogP contribution in [0.4, 0.5) is 0 Å². The lowest BCUT2D eigenvalue weighted by atomic mass is 10.2. The fourth-order valence-electron chi connectivity index (χ4n) is 1.87. The van der Waals surface area contributed by atoms with Crippen LogP contribution in [0.2, 0.25) is 10.0 Å². The molecule has 16 heavy (non-hydrogen) atoms. The van der Waals surface area contributed by atoms with E-state index < -0.39 is 12.2 Å². The van der Waals surface area contributed by atoms with Crippen molar-refractivity contribution in [1.82, 2.24) is 4.90 Å². The van der Waals surface area contributed by atoms with Crippen LogP contribution in [0.5, 0.6) is 0 Å². The molecule has 1 saturated heterocycles. The van der Waals surface area contributed by atoms with Crippen LogP contribution in [0, 0.1) is 0 Å². The number of aliphatic hydroxyl groups excluding tert-OH is 2. The van der Waals surface area contributed by atoms with Gasteiger partial charge in [-0.15, -0.1) is 0 Å². The van der Waals surface area contributed by atoms with E-state index in [-0.39, 0.29) is 0 Å². The van der Waals surface area contributed by atoms with Crippen molar-refractivity contribution < 1.29 is 10.2 Å². The predicted molar refractivity (Wildman–Crippen MR) is 63.8 cm³/mol. The molecular formula is C11H13Cl2NO2. The van der Waals surface area contributed by atoms with E-state index in [1.165, 1.54) is 0 Å². The van der Waals surface area contributed by atoms with E-state index in [1.807, 2.05) is 11.0 Å². The smallest absolute Gasteiger partial charge is 0.0938 e. The van der Waals surface area contributed by atoms with Crippen molar-refractivity contribution in [3.63, 3.8) is 0 Å². The van der Waals surface area contributed by atoms with Gasteiger partial charge < -0.3 is 10.2 Å². The molecule has 2 N–H and O–H groups in total. The molecule has 0 spiro atoms. The van der Waals surface area contributed by atoms with E-state index >= 15 is 0 Å². The van der Waals surface area contributed by atoms with E-state index in [0.29, 0.717) is 29.7 Å². The standard InChI is InChI=1S/C11H13Cl2NO2/c12-8-2-1-7(9(13)3-8)4-14-5-10(15)11(16)6-14/h1-3,10-11,15-16H,4-6H2. The summed E-state index contributed by atoms with van der Waals surface area (Å²) in [6, 6.07) is 5.34. The zero-order chi connectivity index (χ0) is 11.7. The van der Waals surface area contributed by atoms with Crippen LogP contribution in [-0.2, 0) is 6.54 Å². The Balaban J connectivity index is 2.05. The van der Waals surface area contributed by atoms with E-state index in [0.717, 1.165) is 5.56 Å². The second-order valence-electron chi connectivity index (χ2n) is 4.06. The third-order valence-electron chi connectivity index (χ3n) is 2.74. The highest BCUT2D eigenvalue weighted by atomic mass is 35.5. The lowest BCUT2D eigenvalue weighted by molar-refractivity contribution is 0.0572. The van der Waals surface area contributed by atoms with E-state index in [4.69, 9.17) is 23.2 Å². The highest BCUT2D eigenvalue weighted by Crippen LogP contribution is 2.23. The molecule has 1 aromatic carbocycles. The van der Waals surface area contributed by atoms with Crippen molar-refractivity contribution in [1.29, 1.82) is 0 Å². The molecule has 5 heteroatoms. The number of β-amino-alcohol motifs (C(OH)–C–C–N with tert-alkyl or cyclic N) is 2. The lowest BCUT2D eigenvalue weighted by Gasteiger charge is -2.15. The summed E-state index contributed by atoms with van der Waals surface area (Å²) < 4.78 is 0. The fourth-order valence-corrected chi connectivity index (χ4v) is 2.34. The van der Waals surface area contributed by atoms with Crippen molar-refractivity contribution in [2.45, 2.75) is 18.8 Å². The Kier molecular flexibility index (Phi) is 3.72. The molecule has 0 aromatic heterocycles. The molecule has 0 bridgehead atoms. The molecule has 0 saturated carbocycles. The largest absolute Gasteiger partial charge is 0.389 e. The predicted octanol–water partition coefficient (Wildman–Crippen LogP) is 1.53. The first-order chi connectivity index (χ1) is 7.56. The summed E-state index contributed by atoms with van der Waals surface area (Å²) in [4.78, 5) is 1.96. The fraction of sp³-hybridized carbons (Fsp3) is 0.455. The molecule has 0 amide bonds. The van der Waals surface area contributed by atoms with Gasteiger partial charge in [-0.25, -0.2) is 0 Å². The topological polar surface area (TPSA) is 43.7 Å². The van der Waals surface area contributed by atoms with Gasteiger partial charge in [0.15, 0.2) is 0 Å². The number of hydrogen-bond donors (Lipinski definition) is 2. The highest BCUT2D eigenvalue weighted by Gasteiger charge is 2.29. The van der Waals surface area contributed by atoms with Crippen molar-refractivity contribution in [3.05, 3.63) is 33.8 Å². The second kappa shape index (κ2) is 4.90. The molecule has 2 atom stereocenters. The van der Waals surface area contributed by atoms with Crippen LogP contribution in [0.1, 0.15) is 5.56 Å². The van der Waals surface area contributed by atoms with Crippen LogP contribution in [0.3, 0.4) is 0 Å². The zero-order valence-electron chi connectivity index (χ0n) is 8.61. The minimum absolute atomic E-state index is 0.472. The number of halogens is 2. The van der Waals surface area contributed by atoms with Crippen molar-refractivity contribution in [2.75, 3.05) is 13.1 Å². The Bertz CT molecular complexity index is 376. The molecule has 0 radical (unpaired) electrons. The average molecular weight is 262 g/mol. The number of nitrogens with zero attached hydrogens (tertiary/aromatic N) is 1. The van der Waals surface area contributed by atoms with Gasteiger partial charge in [-0.1, -0.05) is 29.3 Å². The Morgan fingerprint density at radius 3 is 2.38 bits per heavy atom. The molecule has 2 unspecified atom stereocenters. The number of likely N-dealkylation sites (tertiary alicyclic amines) is 1. The monoisotopic (exact) mass is 261 g/mol. The van der Waals surface area contributed by atoms with Gasteiger partial charge in [0, 0.05) is 29.7 Å². The van der Waals surface area contributed by atoms with Gasteiger partial charge in [0.1, 0.15) is 0 Å². The summed E-state index contributed by atoms with van der Waals surface area (Å²) in [5, 5.41) is 20.0. The van der Waals surface area contributed by atoms with Gasteiger partial charge in [0.05, 0.1) is 12.2 Å². The molecule has 88 valence electrons. The summed E-state index contributed by atoms with van der Waals surface area (Å²) in [7, 11) is 0. The minimum Gasteiger partial charge on any atom is -0.389 e. The number of rotatable bonds is 2. The first kappa shape index (κ1) is 12.1. The Labute approximate surface area is 104 Å². The van der Waals surface area contributed by atoms with Gasteiger partial charge in [0.2, 0.25) is 0 Å². The van der Waals surface area contributed by atoms with Crippen molar-refractivity contribution in [2.24, 2.45) is 0 Å². The second-order valence-corrected chi connectivity index (χ2v) is 4.91. The summed E-state index contributed by atoms with van der Waals surface area (Å²) in [5.74, 6) is 0. The van der Waals surface area contributed by atoms with Crippen LogP contribution in [-0.4, -0.2) is 40.4 Å². The maximum atomic E-state index is 9.41. The summed E-state index contributed by atoms with van der Waals surface area (Å²) >= 11 is 11.8. The molecule has 0 aliphatic carbocycles. The normalized spacial score (nSPS) is 26.2. The third kappa shape index (κ3) is 2.67. The van der Waals surface area contributed by atoms with Gasteiger partial charge in [0.25, 0.3) is 0 Å². The maximum absolute atomic E-state index is 9.41. The van der Waals surface area contributed by atoms with E-state index in [9.17, 15) is 10.2 Å². The highest BCUT2D eigenvalue weighted by molar-refractivity contribution is 6.35. The number of benzene rings is 1. The summed E-state index contributed by atoms with van der Waals surface area (Å²) in [6.45, 7) is 1.56. The summed E-state index contributed by atoms with van der Waals surface area (Å²) in [5.41, 5.74) is 0.951. The average Bonchev–Trinajstić information content (AvgIpc) is 2.51. The van der Waals surface area contributed by atoms with Crippen LogP contribution in [0.25, 0.3) is 0 Å². The molecular weight excluding hydrogens is 249 g/mol. The van der Waals surface area contributed by atoms with E-state index in [2.05, 4.69) is 0 Å². The first-order valence-electron chi connectivity index (χ1n) is 5.08. The molecule has 1 aliphatic rings. The van der Waals surface area contributed by atoms with Gasteiger partial charge in [-0.2, -0.15) is 0 Å². The Morgan fingerprint density at radius 2 is 1.81 bits per heavy atom. The van der Waals surface area contributed by atoms with Crippen LogP contribution in [0.15, 0.2) is 18.2 Å². The molecule has 1 fully saturated rings. The Hall–Kier alpha value is -0.320. The summed E-state index contributed by atoms with van der Waals surface area (Å²) in [6.07, 6.45) is -1.32. The Morgan fingerprint density at radius 1 is 1.19 bits per heavy atom. The minimum atomic E-state index is -0.661. The van der Waals surface area contributed by atoms with Gasteiger partial charge in [-0.05, 0) is 17.7 Å². The zero-order valence-corrected chi connectivity index (χ0v) is 10.1. The molecule has 1 heterocycles. The van der Waals surface area contributed by atoms with Crippen LogP contribution >= 0.6 is 23.2 Å². The number of aliphatic hydroxyl groups is 2. The number of hydrogen-bond acceptors (Lipinski definition) is 3. The SMILES string of the molecule is OC1CN(Cc2ccc(Cl)cc2Cl)CC1O. The quantitative estimate of drug-likeness (QED) is 0.849. The third-order valence-corrected chi connectivity index (χ3v) is 3.33. The van der Waals surface area contributed by atoms with Crippen molar-refractivity contribution in [3.8, 4) is 0 Å². The van der Waals surface area contributed by atoms with Gasteiger partial charge in [-0.3, -0.25) is 4.90 Å². The van der Waals surface area contributed by atoms with Gasteiger partial charge >= 0.3 is 0 Å². The van der Waals surface area contributed by atoms with Crippen molar-refractivity contribution >= 4 is 23.2 Å². The molecule has 1 aliphatic heterocycles. The molecule has 2 rings (SSSR count). The molecule has 1 aromatic rings. The molecule has 3 nitrogen and oxygen atoms in total. The van der Waals surface area contributed by atoms with Crippen LogP contribution < -0.4 is 0 Å². The van der Waals surface area contributed by atoms with E-state index in [1.54, 1.807) is 12.1 Å².